The zero-order chi connectivity index (χ0) is 23.7. The van der Waals surface area contributed by atoms with Crippen LogP contribution in [-0.2, 0) is 4.79 Å². The van der Waals surface area contributed by atoms with E-state index in [4.69, 9.17) is 4.74 Å². The third-order valence-corrected chi connectivity index (χ3v) is 6.97. The van der Waals surface area contributed by atoms with E-state index in [2.05, 4.69) is 20.8 Å². The highest BCUT2D eigenvalue weighted by Gasteiger charge is 2.28. The van der Waals surface area contributed by atoms with E-state index in [9.17, 15) is 9.59 Å². The van der Waals surface area contributed by atoms with Gasteiger partial charge in [-0.15, -0.1) is 11.3 Å². The number of hydrazine groups is 1. The van der Waals surface area contributed by atoms with E-state index in [-0.39, 0.29) is 12.5 Å². The quantitative estimate of drug-likeness (QED) is 0.397. The monoisotopic (exact) mass is 472 g/mol. The average molecular weight is 473 g/mol. The van der Waals surface area contributed by atoms with Crippen LogP contribution >= 0.6 is 11.3 Å². The molecule has 34 heavy (non-hydrogen) atoms. The lowest BCUT2D eigenvalue weighted by Crippen LogP contribution is -2.43. The third-order valence-electron chi connectivity index (χ3n) is 5.78. The van der Waals surface area contributed by atoms with Gasteiger partial charge in [-0.25, -0.2) is 9.97 Å². The van der Waals surface area contributed by atoms with Crippen molar-refractivity contribution in [3.05, 3.63) is 76.6 Å². The Bertz CT molecular complexity index is 1380. The highest BCUT2D eigenvalue weighted by Crippen LogP contribution is 2.40. The second kappa shape index (κ2) is 9.23. The van der Waals surface area contributed by atoms with Gasteiger partial charge in [0.1, 0.15) is 16.4 Å². The number of nitrogens with one attached hydrogen (secondary N) is 2. The van der Waals surface area contributed by atoms with Crippen molar-refractivity contribution in [2.24, 2.45) is 0 Å². The fourth-order valence-electron chi connectivity index (χ4n) is 3.91. The number of rotatable bonds is 6. The Morgan fingerprint density at radius 2 is 1.74 bits per heavy atom. The van der Waals surface area contributed by atoms with Crippen LogP contribution in [0.25, 0.3) is 21.3 Å². The molecule has 0 unspecified atom stereocenters. The molecular formula is C26H24N4O3S. The van der Waals surface area contributed by atoms with E-state index in [1.807, 2.05) is 68.4 Å². The molecule has 5 rings (SSSR count). The molecule has 8 heteroatoms. The number of nitrogens with zero attached hydrogens (tertiary/aromatic N) is 2. The third kappa shape index (κ3) is 4.49. The van der Waals surface area contributed by atoms with E-state index < -0.39 is 5.91 Å². The van der Waals surface area contributed by atoms with E-state index in [0.717, 1.165) is 51.3 Å². The fraction of sp³-hybridized carbons (Fsp3) is 0.231. The second-order valence-electron chi connectivity index (χ2n) is 8.33. The highest BCUT2D eigenvalue weighted by atomic mass is 32.1. The SMILES string of the molecule is Cc1nc(C2CC2)nc2sc(C(=O)NNC(=O)COc3ccccc3-c3ccccc3)c(C)c12. The maximum atomic E-state index is 12.8. The molecule has 1 aliphatic rings. The zero-order valence-electron chi connectivity index (χ0n) is 18.9. The van der Waals surface area contributed by atoms with Crippen LogP contribution < -0.4 is 15.6 Å². The first-order chi connectivity index (χ1) is 16.5. The van der Waals surface area contributed by atoms with E-state index in [0.29, 0.717) is 16.5 Å². The number of aryl methyl sites for hydroxylation is 2. The van der Waals surface area contributed by atoms with Crippen LogP contribution in [0.2, 0.25) is 0 Å². The molecule has 172 valence electrons. The summed E-state index contributed by atoms with van der Waals surface area (Å²) in [4.78, 5) is 35.8. The molecule has 2 heterocycles. The van der Waals surface area contributed by atoms with Crippen LogP contribution in [0, 0.1) is 13.8 Å². The van der Waals surface area contributed by atoms with Gasteiger partial charge >= 0.3 is 0 Å². The summed E-state index contributed by atoms with van der Waals surface area (Å²) in [5.41, 5.74) is 8.53. The van der Waals surface area contributed by atoms with Crippen LogP contribution in [-0.4, -0.2) is 28.4 Å². The van der Waals surface area contributed by atoms with Crippen molar-refractivity contribution in [1.29, 1.82) is 0 Å². The minimum absolute atomic E-state index is 0.231. The number of benzene rings is 2. The molecule has 2 aromatic heterocycles. The van der Waals surface area contributed by atoms with Gasteiger partial charge in [0.15, 0.2) is 6.61 Å². The number of aromatic nitrogens is 2. The largest absolute Gasteiger partial charge is 0.483 e. The van der Waals surface area contributed by atoms with Gasteiger partial charge in [-0.05, 0) is 43.9 Å². The molecule has 2 amide bonds. The molecule has 0 spiro atoms. The molecule has 0 saturated heterocycles. The lowest BCUT2D eigenvalue weighted by molar-refractivity contribution is -0.123. The zero-order valence-corrected chi connectivity index (χ0v) is 19.7. The lowest BCUT2D eigenvalue weighted by atomic mass is 10.1. The minimum Gasteiger partial charge on any atom is -0.483 e. The van der Waals surface area contributed by atoms with Crippen molar-refractivity contribution >= 4 is 33.4 Å². The van der Waals surface area contributed by atoms with E-state index in [1.165, 1.54) is 11.3 Å². The average Bonchev–Trinajstić information content (AvgIpc) is 3.65. The van der Waals surface area contributed by atoms with Crippen LogP contribution in [0.5, 0.6) is 5.75 Å². The van der Waals surface area contributed by atoms with Crippen LogP contribution in [0.4, 0.5) is 0 Å². The predicted molar refractivity (Wildman–Crippen MR) is 132 cm³/mol. The summed E-state index contributed by atoms with van der Waals surface area (Å²) in [5.74, 6) is 1.05. The number of carbonyl (C=O) groups excluding carboxylic acids is 2. The molecule has 0 radical (unpaired) electrons. The van der Waals surface area contributed by atoms with Crippen molar-refractivity contribution in [3.63, 3.8) is 0 Å². The Kier molecular flexibility index (Phi) is 5.98. The van der Waals surface area contributed by atoms with Gasteiger partial charge in [-0.2, -0.15) is 0 Å². The first kappa shape index (κ1) is 22.0. The van der Waals surface area contributed by atoms with Gasteiger partial charge in [0.25, 0.3) is 11.8 Å². The molecule has 1 fully saturated rings. The number of para-hydroxylation sites is 1. The summed E-state index contributed by atoms with van der Waals surface area (Å²) in [5, 5.41) is 0.909. The number of hydrogen-bond donors (Lipinski definition) is 2. The van der Waals surface area contributed by atoms with E-state index in [1.54, 1.807) is 0 Å². The second-order valence-corrected chi connectivity index (χ2v) is 9.33. The van der Waals surface area contributed by atoms with Gasteiger partial charge < -0.3 is 4.74 Å². The molecule has 2 aromatic carbocycles. The standard InChI is InChI=1S/C26H24N4O3S/c1-15-22-16(2)27-24(18-12-13-18)28-26(22)34-23(15)25(32)30-29-21(31)14-33-20-11-7-6-10-19(20)17-8-4-3-5-9-17/h3-11,18H,12-14H2,1-2H3,(H,29,31)(H,30,32). The van der Waals surface area contributed by atoms with Crippen LogP contribution in [0.15, 0.2) is 54.6 Å². The van der Waals surface area contributed by atoms with Gasteiger partial charge in [0.05, 0.1) is 10.6 Å². The number of carbonyl (C=O) groups is 2. The number of thiophene rings is 1. The van der Waals surface area contributed by atoms with Crippen molar-refractivity contribution in [3.8, 4) is 16.9 Å². The molecule has 7 nitrogen and oxygen atoms in total. The van der Waals surface area contributed by atoms with E-state index >= 15 is 0 Å². The number of amides is 2. The number of ether oxygens (including phenoxy) is 1. The molecule has 2 N–H and O–H groups in total. The van der Waals surface area contributed by atoms with Crippen molar-refractivity contribution in [2.75, 3.05) is 6.61 Å². The molecule has 1 aliphatic carbocycles. The van der Waals surface area contributed by atoms with Gasteiger partial charge in [-0.1, -0.05) is 48.5 Å². The number of hydrogen-bond acceptors (Lipinski definition) is 6. The number of fused-ring (bicyclic) bond motifs is 1. The molecule has 1 saturated carbocycles. The maximum Gasteiger partial charge on any atom is 0.280 e. The van der Waals surface area contributed by atoms with Crippen LogP contribution in [0.1, 0.15) is 45.5 Å². The smallest absolute Gasteiger partial charge is 0.280 e. The summed E-state index contributed by atoms with van der Waals surface area (Å²) in [6.45, 7) is 3.60. The molecule has 0 bridgehead atoms. The summed E-state index contributed by atoms with van der Waals surface area (Å²) in [7, 11) is 0. The van der Waals surface area contributed by atoms with Crippen molar-refractivity contribution in [1.82, 2.24) is 20.8 Å². The van der Waals surface area contributed by atoms with Crippen LogP contribution in [0.3, 0.4) is 0 Å². The highest BCUT2D eigenvalue weighted by molar-refractivity contribution is 7.20. The van der Waals surface area contributed by atoms with Crippen molar-refractivity contribution in [2.45, 2.75) is 32.6 Å². The Morgan fingerprint density at radius 3 is 2.50 bits per heavy atom. The molecular weight excluding hydrogens is 448 g/mol. The minimum atomic E-state index is -0.457. The fourth-order valence-corrected chi connectivity index (χ4v) is 5.05. The predicted octanol–water partition coefficient (Wildman–Crippen LogP) is 4.69. The molecule has 4 aromatic rings. The lowest BCUT2D eigenvalue weighted by Gasteiger charge is -2.12. The first-order valence-electron chi connectivity index (χ1n) is 11.2. The Morgan fingerprint density at radius 1 is 1.00 bits per heavy atom. The van der Waals surface area contributed by atoms with Gasteiger partial charge in [-0.3, -0.25) is 20.4 Å². The van der Waals surface area contributed by atoms with Crippen molar-refractivity contribution < 1.29 is 14.3 Å². The summed E-state index contributed by atoms with van der Waals surface area (Å²) >= 11 is 1.32. The topological polar surface area (TPSA) is 93.2 Å². The van der Waals surface area contributed by atoms with Gasteiger partial charge in [0.2, 0.25) is 0 Å². The Balaban J connectivity index is 1.23. The van der Waals surface area contributed by atoms with Gasteiger partial charge in [0, 0.05) is 16.9 Å². The normalized spacial score (nSPS) is 13.0. The summed E-state index contributed by atoms with van der Waals surface area (Å²) in [6, 6.07) is 17.3. The summed E-state index contributed by atoms with van der Waals surface area (Å²) < 4.78 is 5.74. The Labute approximate surface area is 201 Å². The first-order valence-corrected chi connectivity index (χ1v) is 12.0. The molecule has 0 aliphatic heterocycles. The maximum absolute atomic E-state index is 12.8. The summed E-state index contributed by atoms with van der Waals surface area (Å²) in [6.07, 6.45) is 2.24. The molecule has 0 atom stereocenters. The Hall–Kier alpha value is -3.78.